The Bertz CT molecular complexity index is 1330. The first-order valence-corrected chi connectivity index (χ1v) is 13.4. The van der Waals surface area contributed by atoms with Crippen LogP contribution in [-0.4, -0.2) is 51.7 Å². The van der Waals surface area contributed by atoms with Gasteiger partial charge in [-0.05, 0) is 85.6 Å². The fourth-order valence-corrected chi connectivity index (χ4v) is 6.22. The summed E-state index contributed by atoms with van der Waals surface area (Å²) in [5.74, 6) is -1.07. The van der Waals surface area contributed by atoms with Crippen LogP contribution < -0.4 is 4.74 Å². The number of halogens is 1. The van der Waals surface area contributed by atoms with Crippen molar-refractivity contribution in [2.45, 2.75) is 44.2 Å². The van der Waals surface area contributed by atoms with Crippen molar-refractivity contribution in [1.82, 2.24) is 9.21 Å². The lowest BCUT2D eigenvalue weighted by Gasteiger charge is -2.25. The van der Waals surface area contributed by atoms with E-state index in [4.69, 9.17) is 4.74 Å². The number of carboxylic acid groups (broad SMARTS) is 1. The number of fused-ring (bicyclic) bond motifs is 1. The molecule has 0 aromatic heterocycles. The average molecular weight is 525 g/mol. The van der Waals surface area contributed by atoms with E-state index in [1.807, 2.05) is 79.6 Å². The zero-order valence-corrected chi connectivity index (χ0v) is 22.5. The second-order valence-electron chi connectivity index (χ2n) is 9.78. The third-order valence-corrected chi connectivity index (χ3v) is 8.14. The van der Waals surface area contributed by atoms with Gasteiger partial charge in [-0.25, -0.2) is 12.9 Å². The van der Waals surface area contributed by atoms with Gasteiger partial charge >= 0.3 is 5.97 Å². The second-order valence-corrected chi connectivity index (χ2v) is 11.2. The number of aliphatic carboxylic acids is 1. The molecule has 0 spiro atoms. The van der Waals surface area contributed by atoms with Crippen LogP contribution >= 0.6 is 0 Å². The summed E-state index contributed by atoms with van der Waals surface area (Å²) in [4.78, 5) is 14.6. The van der Waals surface area contributed by atoms with Crippen LogP contribution in [0.15, 0.2) is 59.5 Å². The standard InChI is InChI=1S/C29H33FN2O4S/c1-19-9-10-21(14-22(19)18-32-11-12-36-26-7-5-6-8-27(26)37(32)35)25(16-28(33)34)29-20(2)13-24(30)15-23(29)17-31(3)4/h5-10,13-15,25H,11-12,16-18H2,1-4H3,(H,33,34). The van der Waals surface area contributed by atoms with Gasteiger partial charge in [-0.2, -0.15) is 0 Å². The van der Waals surface area contributed by atoms with Gasteiger partial charge in [0, 0.05) is 25.6 Å². The van der Waals surface area contributed by atoms with E-state index < -0.39 is 22.9 Å². The first-order chi connectivity index (χ1) is 17.6. The van der Waals surface area contributed by atoms with E-state index in [2.05, 4.69) is 0 Å². The van der Waals surface area contributed by atoms with Gasteiger partial charge in [-0.1, -0.05) is 30.3 Å². The maximum absolute atomic E-state index is 14.4. The molecule has 3 aromatic rings. The van der Waals surface area contributed by atoms with E-state index in [0.29, 0.717) is 36.9 Å². The number of ether oxygens (including phenoxy) is 1. The molecule has 2 atom stereocenters. The van der Waals surface area contributed by atoms with Gasteiger partial charge in [-0.3, -0.25) is 4.79 Å². The highest BCUT2D eigenvalue weighted by Gasteiger charge is 2.26. The maximum atomic E-state index is 14.4. The summed E-state index contributed by atoms with van der Waals surface area (Å²) >= 11 is 0. The Kier molecular flexibility index (Phi) is 8.42. The highest BCUT2D eigenvalue weighted by atomic mass is 32.2. The molecule has 8 heteroatoms. The summed E-state index contributed by atoms with van der Waals surface area (Å²) in [6.45, 7) is 5.67. The summed E-state index contributed by atoms with van der Waals surface area (Å²) in [5, 5.41) is 9.82. The summed E-state index contributed by atoms with van der Waals surface area (Å²) in [6, 6.07) is 16.3. The zero-order chi connectivity index (χ0) is 26.7. The molecule has 2 unspecified atom stereocenters. The fraction of sp³-hybridized carbons (Fsp3) is 0.345. The van der Waals surface area contributed by atoms with Gasteiger partial charge in [0.25, 0.3) is 0 Å². The van der Waals surface area contributed by atoms with Crippen molar-refractivity contribution in [3.8, 4) is 5.75 Å². The van der Waals surface area contributed by atoms with Crippen LogP contribution in [0.4, 0.5) is 4.39 Å². The van der Waals surface area contributed by atoms with Gasteiger partial charge in [0.15, 0.2) is 0 Å². The Morgan fingerprint density at radius 1 is 1.11 bits per heavy atom. The Morgan fingerprint density at radius 2 is 1.86 bits per heavy atom. The lowest BCUT2D eigenvalue weighted by atomic mass is 9.82. The molecular formula is C29H33FN2O4S. The molecule has 4 rings (SSSR count). The number of para-hydroxylation sites is 1. The number of nitrogens with zero attached hydrogens (tertiary/aromatic N) is 2. The smallest absolute Gasteiger partial charge is 0.304 e. The third-order valence-electron chi connectivity index (χ3n) is 6.64. The molecule has 0 saturated heterocycles. The number of hydrogen-bond donors (Lipinski definition) is 1. The van der Waals surface area contributed by atoms with E-state index in [1.165, 1.54) is 12.1 Å². The van der Waals surface area contributed by atoms with E-state index in [1.54, 1.807) is 0 Å². The molecule has 3 aromatic carbocycles. The van der Waals surface area contributed by atoms with Gasteiger partial charge in [0.1, 0.15) is 29.2 Å². The quantitative estimate of drug-likeness (QED) is 0.448. The third kappa shape index (κ3) is 6.26. The molecule has 1 N–H and O–H groups in total. The molecule has 0 amide bonds. The van der Waals surface area contributed by atoms with E-state index in [0.717, 1.165) is 33.4 Å². The van der Waals surface area contributed by atoms with Crippen molar-refractivity contribution in [3.05, 3.63) is 93.8 Å². The number of aryl methyl sites for hydroxylation is 2. The minimum atomic E-state index is -1.39. The van der Waals surface area contributed by atoms with E-state index in [9.17, 15) is 18.5 Å². The minimum Gasteiger partial charge on any atom is -0.491 e. The lowest BCUT2D eigenvalue weighted by molar-refractivity contribution is -0.137. The van der Waals surface area contributed by atoms with Crippen LogP contribution in [-0.2, 0) is 28.9 Å². The summed E-state index contributed by atoms with van der Waals surface area (Å²) in [5.41, 5.74) is 5.18. The predicted octanol–water partition coefficient (Wildman–Crippen LogP) is 5.03. The van der Waals surface area contributed by atoms with Crippen molar-refractivity contribution in [2.24, 2.45) is 0 Å². The maximum Gasteiger partial charge on any atom is 0.304 e. The molecule has 1 aliphatic heterocycles. The van der Waals surface area contributed by atoms with E-state index in [-0.39, 0.29) is 12.2 Å². The second kappa shape index (κ2) is 11.5. The summed E-state index contributed by atoms with van der Waals surface area (Å²) in [7, 11) is 2.42. The molecule has 0 aliphatic carbocycles. The van der Waals surface area contributed by atoms with Crippen LogP contribution in [0, 0.1) is 19.7 Å². The van der Waals surface area contributed by atoms with Gasteiger partial charge in [0.05, 0.1) is 11.3 Å². The molecule has 1 aliphatic rings. The monoisotopic (exact) mass is 524 g/mol. The van der Waals surface area contributed by atoms with Gasteiger partial charge < -0.3 is 14.7 Å². The number of rotatable bonds is 8. The van der Waals surface area contributed by atoms with E-state index >= 15 is 0 Å². The SMILES string of the molecule is Cc1ccc(C(CC(=O)O)c2c(C)cc(F)cc2CN(C)C)cc1CN1CCOc2ccccc2S1=O. The first-order valence-electron chi connectivity index (χ1n) is 12.3. The van der Waals surface area contributed by atoms with Crippen LogP contribution in [0.5, 0.6) is 5.75 Å². The molecular weight excluding hydrogens is 491 g/mol. The zero-order valence-electron chi connectivity index (χ0n) is 21.7. The topological polar surface area (TPSA) is 70.1 Å². The van der Waals surface area contributed by atoms with Crippen LogP contribution in [0.3, 0.4) is 0 Å². The predicted molar refractivity (Wildman–Crippen MR) is 143 cm³/mol. The Labute approximate surface area is 220 Å². The lowest BCUT2D eigenvalue weighted by Crippen LogP contribution is -2.28. The molecule has 0 radical (unpaired) electrons. The van der Waals surface area contributed by atoms with Crippen molar-refractivity contribution in [3.63, 3.8) is 0 Å². The molecule has 0 bridgehead atoms. The van der Waals surface area contributed by atoms with Crippen molar-refractivity contribution < 1.29 is 23.2 Å². The molecule has 1 heterocycles. The molecule has 6 nitrogen and oxygen atoms in total. The van der Waals surface area contributed by atoms with Crippen LogP contribution in [0.1, 0.15) is 45.7 Å². The highest BCUT2D eigenvalue weighted by molar-refractivity contribution is 7.82. The molecule has 196 valence electrons. The minimum absolute atomic E-state index is 0.119. The molecule has 37 heavy (non-hydrogen) atoms. The summed E-state index contributed by atoms with van der Waals surface area (Å²) < 4.78 is 35.5. The van der Waals surface area contributed by atoms with Crippen LogP contribution in [0.25, 0.3) is 0 Å². The largest absolute Gasteiger partial charge is 0.491 e. The first kappa shape index (κ1) is 27.0. The number of carbonyl (C=O) groups is 1. The van der Waals surface area contributed by atoms with Crippen molar-refractivity contribution in [1.29, 1.82) is 0 Å². The highest BCUT2D eigenvalue weighted by Crippen LogP contribution is 2.36. The number of carboxylic acids is 1. The Balaban J connectivity index is 1.74. The Hall–Kier alpha value is -3.07. The van der Waals surface area contributed by atoms with Gasteiger partial charge in [-0.15, -0.1) is 0 Å². The van der Waals surface area contributed by atoms with Gasteiger partial charge in [0.2, 0.25) is 0 Å². The van der Waals surface area contributed by atoms with Crippen molar-refractivity contribution in [2.75, 3.05) is 27.2 Å². The summed E-state index contributed by atoms with van der Waals surface area (Å²) in [6.07, 6.45) is -0.119. The normalized spacial score (nSPS) is 16.6. The molecule has 0 saturated carbocycles. The molecule has 0 fully saturated rings. The van der Waals surface area contributed by atoms with Crippen molar-refractivity contribution >= 4 is 17.0 Å². The fourth-order valence-electron chi connectivity index (χ4n) is 4.95. The number of benzene rings is 3. The average Bonchev–Trinajstić information content (AvgIpc) is 2.97. The Morgan fingerprint density at radius 3 is 2.59 bits per heavy atom. The number of hydrogen-bond acceptors (Lipinski definition) is 4. The van der Waals surface area contributed by atoms with Crippen LogP contribution in [0.2, 0.25) is 0 Å².